The summed E-state index contributed by atoms with van der Waals surface area (Å²) in [5.41, 5.74) is 2.00. The summed E-state index contributed by atoms with van der Waals surface area (Å²) in [4.78, 5) is 27.2. The predicted molar refractivity (Wildman–Crippen MR) is 100 cm³/mol. The van der Waals surface area contributed by atoms with E-state index in [0.717, 1.165) is 5.56 Å². The molecule has 0 N–H and O–H groups in total. The molecule has 1 amide bonds. The number of nitro groups is 1. The highest BCUT2D eigenvalue weighted by molar-refractivity contribution is 5.96. The zero-order valence-corrected chi connectivity index (χ0v) is 15.4. The van der Waals surface area contributed by atoms with Gasteiger partial charge in [-0.3, -0.25) is 19.8 Å². The molecule has 1 aliphatic heterocycles. The Labute approximate surface area is 157 Å². The number of piperazine rings is 1. The van der Waals surface area contributed by atoms with Crippen LogP contribution < -0.4 is 0 Å². The molecule has 0 aromatic heterocycles. The van der Waals surface area contributed by atoms with Crippen LogP contribution >= 0.6 is 0 Å². The van der Waals surface area contributed by atoms with Crippen molar-refractivity contribution in [1.29, 1.82) is 0 Å². The second-order valence-electron chi connectivity index (χ2n) is 6.82. The van der Waals surface area contributed by atoms with Crippen molar-refractivity contribution in [1.82, 2.24) is 9.80 Å². The molecular formula is C20H22FN3O3. The van der Waals surface area contributed by atoms with Crippen LogP contribution in [0, 0.1) is 22.9 Å². The van der Waals surface area contributed by atoms with Gasteiger partial charge in [-0.05, 0) is 43.2 Å². The summed E-state index contributed by atoms with van der Waals surface area (Å²) < 4.78 is 13.5. The third kappa shape index (κ3) is 4.14. The van der Waals surface area contributed by atoms with Crippen LogP contribution in [-0.4, -0.2) is 46.8 Å². The van der Waals surface area contributed by atoms with Gasteiger partial charge in [-0.15, -0.1) is 0 Å². The first-order valence-electron chi connectivity index (χ1n) is 8.90. The number of hydrogen-bond acceptors (Lipinski definition) is 4. The summed E-state index contributed by atoms with van der Waals surface area (Å²) in [6.45, 7) is 6.25. The molecule has 27 heavy (non-hydrogen) atoms. The van der Waals surface area contributed by atoms with Gasteiger partial charge in [0.1, 0.15) is 5.82 Å². The quantitative estimate of drug-likeness (QED) is 0.609. The number of carbonyl (C=O) groups excluding carboxylic acids is 1. The van der Waals surface area contributed by atoms with Gasteiger partial charge in [0.2, 0.25) is 0 Å². The van der Waals surface area contributed by atoms with E-state index in [-0.39, 0.29) is 23.5 Å². The lowest BCUT2D eigenvalue weighted by Gasteiger charge is -2.38. The Morgan fingerprint density at radius 3 is 2.44 bits per heavy atom. The summed E-state index contributed by atoms with van der Waals surface area (Å²) in [5, 5.41) is 10.9. The maximum absolute atomic E-state index is 13.5. The minimum absolute atomic E-state index is 0.0159. The number of nitrogens with zero attached hydrogens (tertiary/aromatic N) is 3. The van der Waals surface area contributed by atoms with Crippen LogP contribution in [-0.2, 0) is 0 Å². The van der Waals surface area contributed by atoms with Crippen LogP contribution in [0.2, 0.25) is 0 Å². The highest BCUT2D eigenvalue weighted by Crippen LogP contribution is 2.24. The molecule has 0 saturated carbocycles. The maximum atomic E-state index is 13.5. The molecule has 3 rings (SSSR count). The lowest BCUT2D eigenvalue weighted by molar-refractivity contribution is -0.384. The van der Waals surface area contributed by atoms with E-state index in [1.165, 1.54) is 24.3 Å². The summed E-state index contributed by atoms with van der Waals surface area (Å²) >= 11 is 0. The molecule has 1 fully saturated rings. The average Bonchev–Trinajstić information content (AvgIpc) is 2.67. The Morgan fingerprint density at radius 2 is 1.85 bits per heavy atom. The zero-order valence-electron chi connectivity index (χ0n) is 15.4. The normalized spacial score (nSPS) is 16.2. The van der Waals surface area contributed by atoms with Crippen molar-refractivity contribution in [3.05, 3.63) is 75.1 Å². The van der Waals surface area contributed by atoms with Crippen LogP contribution in [0.5, 0.6) is 0 Å². The molecule has 0 aliphatic carbocycles. The second kappa shape index (κ2) is 7.84. The fraction of sp³-hybridized carbons (Fsp3) is 0.350. The summed E-state index contributed by atoms with van der Waals surface area (Å²) in [5.74, 6) is -0.359. The summed E-state index contributed by atoms with van der Waals surface area (Å²) in [6.07, 6.45) is 0. The van der Waals surface area contributed by atoms with Crippen molar-refractivity contribution in [3.63, 3.8) is 0 Å². The number of carbonyl (C=O) groups is 1. The molecule has 2 aromatic carbocycles. The monoisotopic (exact) mass is 371 g/mol. The highest BCUT2D eigenvalue weighted by Gasteiger charge is 2.26. The topological polar surface area (TPSA) is 66.7 Å². The lowest BCUT2D eigenvalue weighted by atomic mass is 10.0. The molecule has 6 nitrogen and oxygen atoms in total. The van der Waals surface area contributed by atoms with Crippen LogP contribution in [0.25, 0.3) is 0 Å². The number of halogens is 1. The molecule has 0 bridgehead atoms. The van der Waals surface area contributed by atoms with Gasteiger partial charge in [-0.1, -0.05) is 12.1 Å². The first kappa shape index (κ1) is 19.0. The van der Waals surface area contributed by atoms with E-state index in [9.17, 15) is 19.3 Å². The Hall–Kier alpha value is -2.80. The molecule has 0 spiro atoms. The van der Waals surface area contributed by atoms with Crippen LogP contribution in [0.1, 0.15) is 34.5 Å². The van der Waals surface area contributed by atoms with E-state index in [0.29, 0.717) is 37.3 Å². The Morgan fingerprint density at radius 1 is 1.15 bits per heavy atom. The first-order valence-corrected chi connectivity index (χ1v) is 8.90. The molecular weight excluding hydrogens is 349 g/mol. The first-order chi connectivity index (χ1) is 12.9. The van der Waals surface area contributed by atoms with E-state index in [4.69, 9.17) is 0 Å². The second-order valence-corrected chi connectivity index (χ2v) is 6.82. The standard InChI is InChI=1S/C20H22FN3O3/c1-14-12-18(24(26)27)6-7-19(14)20(25)23-10-8-22(9-11-23)15(2)16-4-3-5-17(21)13-16/h3-7,12-13,15H,8-11H2,1-2H3. The van der Waals surface area contributed by atoms with Crippen LogP contribution in [0.3, 0.4) is 0 Å². The third-order valence-electron chi connectivity index (χ3n) is 5.13. The Bertz CT molecular complexity index is 863. The average molecular weight is 371 g/mol. The van der Waals surface area contributed by atoms with Crippen LogP contribution in [0.15, 0.2) is 42.5 Å². The van der Waals surface area contributed by atoms with E-state index in [1.54, 1.807) is 24.0 Å². The predicted octanol–water partition coefficient (Wildman–Crippen LogP) is 3.56. The van der Waals surface area contributed by atoms with Crippen molar-refractivity contribution >= 4 is 11.6 Å². The molecule has 1 aliphatic rings. The highest BCUT2D eigenvalue weighted by atomic mass is 19.1. The van der Waals surface area contributed by atoms with Gasteiger partial charge in [-0.2, -0.15) is 0 Å². The van der Waals surface area contributed by atoms with E-state index in [1.807, 2.05) is 13.0 Å². The van der Waals surface area contributed by atoms with E-state index >= 15 is 0 Å². The number of nitro benzene ring substituents is 1. The molecule has 1 heterocycles. The minimum Gasteiger partial charge on any atom is -0.336 e. The van der Waals surface area contributed by atoms with Crippen molar-refractivity contribution in [2.45, 2.75) is 19.9 Å². The van der Waals surface area contributed by atoms with Crippen molar-refractivity contribution in [3.8, 4) is 0 Å². The molecule has 142 valence electrons. The molecule has 0 radical (unpaired) electrons. The van der Waals surface area contributed by atoms with Gasteiger partial charge in [-0.25, -0.2) is 4.39 Å². The number of non-ortho nitro benzene ring substituents is 1. The molecule has 2 aromatic rings. The van der Waals surface area contributed by atoms with Gasteiger partial charge in [0.05, 0.1) is 4.92 Å². The van der Waals surface area contributed by atoms with Crippen LogP contribution in [0.4, 0.5) is 10.1 Å². The number of aryl methyl sites for hydroxylation is 1. The molecule has 7 heteroatoms. The van der Waals surface area contributed by atoms with Crippen molar-refractivity contribution in [2.24, 2.45) is 0 Å². The molecule has 1 atom stereocenters. The number of hydrogen-bond donors (Lipinski definition) is 0. The SMILES string of the molecule is Cc1cc([N+](=O)[O-])ccc1C(=O)N1CCN(C(C)c2cccc(F)c2)CC1. The fourth-order valence-electron chi connectivity index (χ4n) is 3.46. The lowest BCUT2D eigenvalue weighted by Crippen LogP contribution is -2.49. The summed E-state index contributed by atoms with van der Waals surface area (Å²) in [6, 6.07) is 11.0. The zero-order chi connectivity index (χ0) is 19.6. The minimum atomic E-state index is -0.464. The third-order valence-corrected chi connectivity index (χ3v) is 5.13. The van der Waals surface area contributed by atoms with E-state index < -0.39 is 4.92 Å². The van der Waals surface area contributed by atoms with Crippen molar-refractivity contribution < 1.29 is 14.1 Å². The Balaban J connectivity index is 1.65. The van der Waals surface area contributed by atoms with Gasteiger partial charge in [0, 0.05) is 49.9 Å². The number of rotatable bonds is 4. The number of benzene rings is 2. The molecule has 1 saturated heterocycles. The Kier molecular flexibility index (Phi) is 5.51. The fourth-order valence-corrected chi connectivity index (χ4v) is 3.46. The smallest absolute Gasteiger partial charge is 0.269 e. The van der Waals surface area contributed by atoms with Gasteiger partial charge >= 0.3 is 0 Å². The van der Waals surface area contributed by atoms with Gasteiger partial charge in [0.25, 0.3) is 11.6 Å². The van der Waals surface area contributed by atoms with E-state index in [2.05, 4.69) is 4.90 Å². The summed E-state index contributed by atoms with van der Waals surface area (Å²) in [7, 11) is 0. The number of amides is 1. The van der Waals surface area contributed by atoms with Crippen molar-refractivity contribution in [2.75, 3.05) is 26.2 Å². The maximum Gasteiger partial charge on any atom is 0.269 e. The van der Waals surface area contributed by atoms with Gasteiger partial charge < -0.3 is 4.90 Å². The largest absolute Gasteiger partial charge is 0.336 e. The molecule has 1 unspecified atom stereocenters. The van der Waals surface area contributed by atoms with Gasteiger partial charge in [0.15, 0.2) is 0 Å².